The van der Waals surface area contributed by atoms with E-state index in [2.05, 4.69) is 17.0 Å². The highest BCUT2D eigenvalue weighted by Gasteiger charge is 2.46. The maximum atomic E-state index is 12.2. The molecule has 2 unspecified atom stereocenters. The van der Waals surface area contributed by atoms with Crippen LogP contribution in [0.5, 0.6) is 5.75 Å². The van der Waals surface area contributed by atoms with E-state index in [1.165, 1.54) is 12.0 Å². The Hall–Kier alpha value is -1.75. The van der Waals surface area contributed by atoms with Crippen molar-refractivity contribution in [3.8, 4) is 5.75 Å². The number of nitrogens with zero attached hydrogens (tertiary/aromatic N) is 2. The Morgan fingerprint density at radius 2 is 1.78 bits per heavy atom. The number of likely N-dealkylation sites (tertiary alicyclic amines) is 2. The molecule has 0 aromatic heterocycles. The molecular weight excluding hydrogens is 292 g/mol. The van der Waals surface area contributed by atoms with E-state index in [1.807, 2.05) is 37.8 Å². The van der Waals surface area contributed by atoms with Crippen LogP contribution in [0.4, 0.5) is 4.79 Å². The lowest BCUT2D eigenvalue weighted by atomic mass is 9.87. The van der Waals surface area contributed by atoms with Crippen molar-refractivity contribution in [2.75, 3.05) is 20.2 Å². The van der Waals surface area contributed by atoms with Gasteiger partial charge in [0.05, 0.1) is 7.11 Å². The first-order valence-corrected chi connectivity index (χ1v) is 8.22. The molecule has 0 N–H and O–H groups in total. The van der Waals surface area contributed by atoms with Gasteiger partial charge in [-0.2, -0.15) is 0 Å². The minimum Gasteiger partial charge on any atom is -0.497 e. The maximum absolute atomic E-state index is 12.2. The number of hydrogen-bond acceptors (Lipinski definition) is 4. The molecule has 23 heavy (non-hydrogen) atoms. The van der Waals surface area contributed by atoms with Crippen LogP contribution in [-0.2, 0) is 11.3 Å². The molecule has 2 fully saturated rings. The summed E-state index contributed by atoms with van der Waals surface area (Å²) in [5, 5.41) is 0. The van der Waals surface area contributed by atoms with Crippen LogP contribution in [0.2, 0.25) is 0 Å². The molecule has 0 spiro atoms. The van der Waals surface area contributed by atoms with Crippen molar-refractivity contribution in [2.45, 2.75) is 51.4 Å². The monoisotopic (exact) mass is 318 g/mol. The molecular formula is C18H26N2O3. The minimum atomic E-state index is -0.429. The molecule has 0 aliphatic carbocycles. The van der Waals surface area contributed by atoms with Crippen molar-refractivity contribution in [1.82, 2.24) is 9.80 Å². The molecule has 5 heteroatoms. The van der Waals surface area contributed by atoms with E-state index in [0.717, 1.165) is 25.4 Å². The highest BCUT2D eigenvalue weighted by Crippen LogP contribution is 2.34. The summed E-state index contributed by atoms with van der Waals surface area (Å²) < 4.78 is 10.7. The van der Waals surface area contributed by atoms with Crippen LogP contribution in [0, 0.1) is 0 Å². The summed E-state index contributed by atoms with van der Waals surface area (Å²) in [7, 11) is 1.68. The zero-order valence-corrected chi connectivity index (χ0v) is 14.4. The first-order chi connectivity index (χ1) is 10.9. The molecule has 5 nitrogen and oxygen atoms in total. The number of amides is 1. The molecule has 1 amide bonds. The smallest absolute Gasteiger partial charge is 0.410 e. The van der Waals surface area contributed by atoms with E-state index in [1.54, 1.807) is 7.11 Å². The Balaban J connectivity index is 1.55. The van der Waals surface area contributed by atoms with Crippen molar-refractivity contribution in [3.63, 3.8) is 0 Å². The van der Waals surface area contributed by atoms with E-state index in [9.17, 15) is 4.79 Å². The highest BCUT2D eigenvalue weighted by atomic mass is 16.6. The highest BCUT2D eigenvalue weighted by molar-refractivity contribution is 5.68. The molecule has 2 atom stereocenters. The van der Waals surface area contributed by atoms with Crippen LogP contribution in [0.15, 0.2) is 24.3 Å². The van der Waals surface area contributed by atoms with E-state index in [4.69, 9.17) is 9.47 Å². The Morgan fingerprint density at radius 3 is 2.30 bits per heavy atom. The van der Waals surface area contributed by atoms with Crippen molar-refractivity contribution < 1.29 is 14.3 Å². The van der Waals surface area contributed by atoms with E-state index in [0.29, 0.717) is 12.1 Å². The second-order valence-corrected chi connectivity index (χ2v) is 7.45. The van der Waals surface area contributed by atoms with Gasteiger partial charge in [-0.1, -0.05) is 12.1 Å². The normalized spacial score (nSPS) is 24.1. The van der Waals surface area contributed by atoms with Gasteiger partial charge in [-0.3, -0.25) is 4.90 Å². The number of rotatable bonds is 3. The van der Waals surface area contributed by atoms with Crippen molar-refractivity contribution in [2.24, 2.45) is 0 Å². The van der Waals surface area contributed by atoms with Crippen LogP contribution >= 0.6 is 0 Å². The number of benzene rings is 1. The predicted molar refractivity (Wildman–Crippen MR) is 88.5 cm³/mol. The predicted octanol–water partition coefficient (Wildman–Crippen LogP) is 2.89. The summed E-state index contributed by atoms with van der Waals surface area (Å²) in [5.41, 5.74) is 0.854. The minimum absolute atomic E-state index is 0.184. The third-order valence-electron chi connectivity index (χ3n) is 4.52. The maximum Gasteiger partial charge on any atom is 0.410 e. The first kappa shape index (κ1) is 16.1. The number of carbonyl (C=O) groups is 1. The summed E-state index contributed by atoms with van der Waals surface area (Å²) in [5.74, 6) is 0.883. The molecule has 126 valence electrons. The van der Waals surface area contributed by atoms with Gasteiger partial charge in [-0.25, -0.2) is 4.79 Å². The lowest BCUT2D eigenvalue weighted by Crippen LogP contribution is -2.69. The third kappa shape index (κ3) is 3.61. The van der Waals surface area contributed by atoms with E-state index < -0.39 is 5.60 Å². The Bertz CT molecular complexity index is 553. The van der Waals surface area contributed by atoms with Crippen LogP contribution in [-0.4, -0.2) is 53.8 Å². The van der Waals surface area contributed by atoms with Crippen LogP contribution in [0.25, 0.3) is 0 Å². The fourth-order valence-corrected chi connectivity index (χ4v) is 3.36. The fourth-order valence-electron chi connectivity index (χ4n) is 3.36. The van der Waals surface area contributed by atoms with Gasteiger partial charge >= 0.3 is 6.09 Å². The quantitative estimate of drug-likeness (QED) is 0.859. The fraction of sp³-hybridized carbons (Fsp3) is 0.611. The summed E-state index contributed by atoms with van der Waals surface area (Å²) in [6, 6.07) is 9.11. The number of piperazine rings is 1. The summed E-state index contributed by atoms with van der Waals surface area (Å²) >= 11 is 0. The molecule has 1 aromatic rings. The van der Waals surface area contributed by atoms with Crippen molar-refractivity contribution in [3.05, 3.63) is 29.8 Å². The third-order valence-corrected chi connectivity index (χ3v) is 4.52. The Labute approximate surface area is 138 Å². The average molecular weight is 318 g/mol. The van der Waals surface area contributed by atoms with Gasteiger partial charge in [0.2, 0.25) is 0 Å². The first-order valence-electron chi connectivity index (χ1n) is 8.22. The van der Waals surface area contributed by atoms with Crippen molar-refractivity contribution in [1.29, 1.82) is 0 Å². The number of methoxy groups -OCH3 is 1. The zero-order valence-electron chi connectivity index (χ0n) is 14.4. The van der Waals surface area contributed by atoms with Gasteiger partial charge < -0.3 is 14.4 Å². The topological polar surface area (TPSA) is 42.0 Å². The van der Waals surface area contributed by atoms with Gasteiger partial charge in [0.1, 0.15) is 11.4 Å². The molecule has 2 bridgehead atoms. The Morgan fingerprint density at radius 1 is 1.17 bits per heavy atom. The van der Waals surface area contributed by atoms with Crippen LogP contribution in [0.1, 0.15) is 32.8 Å². The summed E-state index contributed by atoms with van der Waals surface area (Å²) in [6.45, 7) is 8.19. The number of piperidine rings is 1. The SMILES string of the molecule is COc1ccc(CN2C3CC2CN(C(=O)OC(C)(C)C)C3)cc1. The molecule has 2 heterocycles. The largest absolute Gasteiger partial charge is 0.497 e. The Kier molecular flexibility index (Phi) is 4.23. The van der Waals surface area contributed by atoms with Gasteiger partial charge in [0, 0.05) is 31.7 Å². The number of carbonyl (C=O) groups excluding carboxylic acids is 1. The number of hydrogen-bond donors (Lipinski definition) is 0. The lowest BCUT2D eigenvalue weighted by Gasteiger charge is -2.56. The zero-order chi connectivity index (χ0) is 16.6. The second-order valence-electron chi connectivity index (χ2n) is 7.45. The molecule has 0 saturated carbocycles. The lowest BCUT2D eigenvalue weighted by molar-refractivity contribution is -0.0780. The second kappa shape index (κ2) is 6.04. The van der Waals surface area contributed by atoms with Crippen LogP contribution < -0.4 is 4.74 Å². The number of fused-ring (bicyclic) bond motifs is 2. The summed E-state index contributed by atoms with van der Waals surface area (Å²) in [4.78, 5) is 16.5. The molecule has 2 aliphatic heterocycles. The molecule has 2 aliphatic rings. The molecule has 1 aromatic carbocycles. The standard InChI is InChI=1S/C18H26N2O3/c1-18(2,3)23-17(21)19-11-14-9-15(12-19)20(14)10-13-5-7-16(22-4)8-6-13/h5-8,14-15H,9-12H2,1-4H3. The molecule has 3 rings (SSSR count). The molecule has 2 saturated heterocycles. The van der Waals surface area contributed by atoms with Gasteiger partial charge in [0.15, 0.2) is 0 Å². The van der Waals surface area contributed by atoms with E-state index >= 15 is 0 Å². The van der Waals surface area contributed by atoms with Crippen LogP contribution in [0.3, 0.4) is 0 Å². The molecule has 0 radical (unpaired) electrons. The van der Waals surface area contributed by atoms with Gasteiger partial charge in [0.25, 0.3) is 0 Å². The van der Waals surface area contributed by atoms with Gasteiger partial charge in [-0.15, -0.1) is 0 Å². The van der Waals surface area contributed by atoms with Gasteiger partial charge in [-0.05, 0) is 44.9 Å². The van der Waals surface area contributed by atoms with Crippen molar-refractivity contribution >= 4 is 6.09 Å². The summed E-state index contributed by atoms with van der Waals surface area (Å²) in [6.07, 6.45) is 0.992. The number of ether oxygens (including phenoxy) is 2. The average Bonchev–Trinajstić information content (AvgIpc) is 2.51. The van der Waals surface area contributed by atoms with E-state index in [-0.39, 0.29) is 6.09 Å².